The van der Waals surface area contributed by atoms with Crippen LogP contribution in [0.25, 0.3) is 0 Å². The van der Waals surface area contributed by atoms with Crippen molar-refractivity contribution < 1.29 is 0 Å². The average Bonchev–Trinajstić information content (AvgIpc) is 2.10. The Bertz CT molecular complexity index is 44.4. The van der Waals surface area contributed by atoms with Gasteiger partial charge in [0, 0.05) is 0 Å². The van der Waals surface area contributed by atoms with Crippen LogP contribution in [0.4, 0.5) is 0 Å². The zero-order valence-corrected chi connectivity index (χ0v) is 8.88. The highest BCUT2D eigenvalue weighted by molar-refractivity contribution is 7.99. The molecule has 0 nitrogen and oxygen atoms in total. The van der Waals surface area contributed by atoms with E-state index in [2.05, 4.69) is 13.8 Å². The molecule has 1 rings (SSSR count). The third-order valence-electron chi connectivity index (χ3n) is 1.91. The summed E-state index contributed by atoms with van der Waals surface area (Å²) in [6, 6.07) is 0. The first kappa shape index (κ1) is 11.4. The molecule has 0 radical (unpaired) electrons. The minimum absolute atomic E-state index is 1.26. The zero-order valence-electron chi connectivity index (χ0n) is 8.07. The minimum atomic E-state index is 1.26. The summed E-state index contributed by atoms with van der Waals surface area (Å²) in [4.78, 5) is 0. The summed E-state index contributed by atoms with van der Waals surface area (Å²) in [5.41, 5.74) is 0. The Morgan fingerprint density at radius 1 is 0.727 bits per heavy atom. The first-order chi connectivity index (χ1) is 5.41. The number of rotatable bonds is 2. The van der Waals surface area contributed by atoms with E-state index < -0.39 is 0 Å². The summed E-state index contributed by atoms with van der Waals surface area (Å²) in [5.74, 6) is 2.52. The molecule has 11 heavy (non-hydrogen) atoms. The van der Waals surface area contributed by atoms with Crippen LogP contribution in [0.3, 0.4) is 0 Å². The predicted molar refractivity (Wildman–Crippen MR) is 56.4 cm³/mol. The molecule has 1 saturated carbocycles. The first-order valence-electron chi connectivity index (χ1n) is 4.99. The highest BCUT2D eigenvalue weighted by Crippen LogP contribution is 2.15. The Balaban J connectivity index is 0.000000187. The fourth-order valence-corrected chi connectivity index (χ4v) is 1.67. The SMILES string of the molecule is C1CCCCC1.CCSCC. The van der Waals surface area contributed by atoms with E-state index in [1.807, 2.05) is 11.8 Å². The molecule has 1 aliphatic rings. The molecule has 0 aromatic rings. The van der Waals surface area contributed by atoms with Crippen molar-refractivity contribution >= 4 is 11.8 Å². The quantitative estimate of drug-likeness (QED) is 0.607. The van der Waals surface area contributed by atoms with Gasteiger partial charge in [0.15, 0.2) is 0 Å². The van der Waals surface area contributed by atoms with Crippen molar-refractivity contribution in [3.63, 3.8) is 0 Å². The summed E-state index contributed by atoms with van der Waals surface area (Å²) >= 11 is 1.96. The molecular formula is C10H22S. The van der Waals surface area contributed by atoms with Crippen LogP contribution in [0.5, 0.6) is 0 Å². The minimum Gasteiger partial charge on any atom is -0.163 e. The summed E-state index contributed by atoms with van der Waals surface area (Å²) in [7, 11) is 0. The van der Waals surface area contributed by atoms with Crippen molar-refractivity contribution in [1.82, 2.24) is 0 Å². The van der Waals surface area contributed by atoms with Gasteiger partial charge in [-0.2, -0.15) is 11.8 Å². The molecule has 0 atom stereocenters. The molecule has 0 saturated heterocycles. The Kier molecular flexibility index (Phi) is 10.7. The van der Waals surface area contributed by atoms with E-state index in [1.165, 1.54) is 50.0 Å². The Labute approximate surface area is 76.1 Å². The van der Waals surface area contributed by atoms with E-state index in [0.29, 0.717) is 0 Å². The van der Waals surface area contributed by atoms with Crippen LogP contribution in [-0.2, 0) is 0 Å². The Morgan fingerprint density at radius 2 is 1.00 bits per heavy atom. The maximum atomic E-state index is 2.17. The van der Waals surface area contributed by atoms with E-state index in [4.69, 9.17) is 0 Å². The molecule has 0 bridgehead atoms. The van der Waals surface area contributed by atoms with Gasteiger partial charge in [-0.05, 0) is 11.5 Å². The van der Waals surface area contributed by atoms with E-state index in [9.17, 15) is 0 Å². The molecule has 0 spiro atoms. The molecular weight excluding hydrogens is 152 g/mol. The molecule has 0 N–H and O–H groups in total. The molecule has 0 heterocycles. The predicted octanol–water partition coefficient (Wildman–Crippen LogP) is 4.10. The number of thioether (sulfide) groups is 1. The van der Waals surface area contributed by atoms with Crippen molar-refractivity contribution in [3.8, 4) is 0 Å². The van der Waals surface area contributed by atoms with Crippen LogP contribution in [0.15, 0.2) is 0 Å². The fourth-order valence-electron chi connectivity index (χ4n) is 1.26. The van der Waals surface area contributed by atoms with Crippen LogP contribution in [0.2, 0.25) is 0 Å². The van der Waals surface area contributed by atoms with E-state index in [1.54, 1.807) is 0 Å². The highest BCUT2D eigenvalue weighted by Gasteiger charge is 1.95. The second-order valence-corrected chi connectivity index (χ2v) is 4.47. The molecule has 0 aromatic carbocycles. The lowest BCUT2D eigenvalue weighted by atomic mass is 10.0. The smallest absolute Gasteiger partial charge is 0.00961 e. The molecule has 0 aromatic heterocycles. The number of hydrogen-bond acceptors (Lipinski definition) is 1. The Morgan fingerprint density at radius 3 is 1.09 bits per heavy atom. The average molecular weight is 174 g/mol. The second kappa shape index (κ2) is 10.3. The lowest BCUT2D eigenvalue weighted by Crippen LogP contribution is -1.85. The molecule has 0 amide bonds. The van der Waals surface area contributed by atoms with Gasteiger partial charge in [-0.3, -0.25) is 0 Å². The van der Waals surface area contributed by atoms with Gasteiger partial charge in [-0.1, -0.05) is 52.4 Å². The molecule has 0 aliphatic heterocycles. The van der Waals surface area contributed by atoms with Crippen molar-refractivity contribution in [2.24, 2.45) is 0 Å². The zero-order chi connectivity index (χ0) is 8.36. The Hall–Kier alpha value is 0.350. The van der Waals surface area contributed by atoms with Crippen molar-refractivity contribution in [2.75, 3.05) is 11.5 Å². The van der Waals surface area contributed by atoms with Gasteiger partial charge in [-0.25, -0.2) is 0 Å². The van der Waals surface area contributed by atoms with Crippen LogP contribution in [0, 0.1) is 0 Å². The second-order valence-electron chi connectivity index (χ2n) is 2.90. The first-order valence-corrected chi connectivity index (χ1v) is 6.15. The summed E-state index contributed by atoms with van der Waals surface area (Å²) < 4.78 is 0. The third kappa shape index (κ3) is 10.4. The third-order valence-corrected chi connectivity index (χ3v) is 2.72. The van der Waals surface area contributed by atoms with Crippen molar-refractivity contribution in [2.45, 2.75) is 52.4 Å². The van der Waals surface area contributed by atoms with Gasteiger partial charge >= 0.3 is 0 Å². The van der Waals surface area contributed by atoms with Crippen LogP contribution in [0.1, 0.15) is 52.4 Å². The summed E-state index contributed by atoms with van der Waals surface area (Å²) in [5, 5.41) is 0. The lowest BCUT2D eigenvalue weighted by Gasteiger charge is -2.05. The van der Waals surface area contributed by atoms with Gasteiger partial charge in [0.25, 0.3) is 0 Å². The van der Waals surface area contributed by atoms with Crippen molar-refractivity contribution in [1.29, 1.82) is 0 Å². The van der Waals surface area contributed by atoms with E-state index in [-0.39, 0.29) is 0 Å². The topological polar surface area (TPSA) is 0 Å². The molecule has 0 unspecified atom stereocenters. The van der Waals surface area contributed by atoms with Crippen LogP contribution >= 0.6 is 11.8 Å². The van der Waals surface area contributed by atoms with E-state index >= 15 is 0 Å². The van der Waals surface area contributed by atoms with Crippen molar-refractivity contribution in [3.05, 3.63) is 0 Å². The lowest BCUT2D eigenvalue weighted by molar-refractivity contribution is 0.504. The largest absolute Gasteiger partial charge is 0.163 e. The van der Waals surface area contributed by atoms with Crippen LogP contribution in [-0.4, -0.2) is 11.5 Å². The summed E-state index contributed by atoms with van der Waals surface area (Å²) in [6.07, 6.45) is 9.00. The maximum absolute atomic E-state index is 2.17. The molecule has 1 heteroatoms. The molecule has 68 valence electrons. The highest BCUT2D eigenvalue weighted by atomic mass is 32.2. The monoisotopic (exact) mass is 174 g/mol. The van der Waals surface area contributed by atoms with Crippen LogP contribution < -0.4 is 0 Å². The van der Waals surface area contributed by atoms with E-state index in [0.717, 1.165) is 0 Å². The fraction of sp³-hybridized carbons (Fsp3) is 1.00. The van der Waals surface area contributed by atoms with Gasteiger partial charge < -0.3 is 0 Å². The summed E-state index contributed by atoms with van der Waals surface area (Å²) in [6.45, 7) is 4.35. The standard InChI is InChI=1S/C6H12.C4H10S/c1-2-4-6-5-3-1;1-3-5-4-2/h1-6H2;3-4H2,1-2H3. The van der Waals surface area contributed by atoms with Gasteiger partial charge in [0.1, 0.15) is 0 Å². The normalized spacial score (nSPS) is 16.9. The molecule has 1 fully saturated rings. The van der Waals surface area contributed by atoms with Gasteiger partial charge in [0.2, 0.25) is 0 Å². The maximum Gasteiger partial charge on any atom is -0.00961 e. The molecule has 1 aliphatic carbocycles. The van der Waals surface area contributed by atoms with Gasteiger partial charge in [-0.15, -0.1) is 0 Å². The van der Waals surface area contributed by atoms with Gasteiger partial charge in [0.05, 0.1) is 0 Å². The number of hydrogen-bond donors (Lipinski definition) is 0.